The van der Waals surface area contributed by atoms with Crippen LogP contribution in [0, 0.1) is 0 Å². The number of hydrogen-bond donors (Lipinski definition) is 4. The average Bonchev–Trinajstić information content (AvgIpc) is 2.79. The zero-order valence-electron chi connectivity index (χ0n) is 19.0. The van der Waals surface area contributed by atoms with E-state index >= 15 is 0 Å². The highest BCUT2D eigenvalue weighted by atomic mass is 16.5. The van der Waals surface area contributed by atoms with E-state index in [4.69, 9.17) is 29.9 Å². The molecule has 0 radical (unpaired) electrons. The second-order valence-corrected chi connectivity index (χ2v) is 6.85. The van der Waals surface area contributed by atoms with E-state index in [-0.39, 0.29) is 26.4 Å². The van der Waals surface area contributed by atoms with E-state index in [9.17, 15) is 0 Å². The molecule has 178 valence electrons. The minimum absolute atomic E-state index is 0.0644. The number of aliphatic hydroxyl groups excluding tert-OH is 4. The van der Waals surface area contributed by atoms with E-state index < -0.39 is 0 Å². The fourth-order valence-electron chi connectivity index (χ4n) is 2.41. The number of hydrogen-bond acceptors (Lipinski definition) is 6. The number of aliphatic hydroxyl groups is 4. The van der Waals surface area contributed by atoms with Crippen LogP contribution in [0.1, 0.15) is 71.1 Å². The number of ether oxygens (including phenoxy) is 2. The Hall–Kier alpha value is -1.18. The van der Waals surface area contributed by atoms with Crippen molar-refractivity contribution in [1.82, 2.24) is 0 Å². The summed E-state index contributed by atoms with van der Waals surface area (Å²) in [5, 5.41) is 33.4. The predicted octanol–water partition coefficient (Wildman–Crippen LogP) is 3.94. The molecule has 1 rings (SSSR count). The zero-order chi connectivity index (χ0) is 22.5. The third kappa shape index (κ3) is 29.0. The molecule has 4 N–H and O–H groups in total. The number of para-hydroxylation sites is 1. The summed E-state index contributed by atoms with van der Waals surface area (Å²) in [7, 11) is 0. The first-order valence-electron chi connectivity index (χ1n) is 11.5. The molecule has 0 atom stereocenters. The molecule has 0 bridgehead atoms. The minimum atomic E-state index is 0.0644. The van der Waals surface area contributed by atoms with Gasteiger partial charge in [-0.3, -0.25) is 0 Å². The number of benzene rings is 1. The van der Waals surface area contributed by atoms with Crippen LogP contribution in [0.5, 0.6) is 5.75 Å². The smallest absolute Gasteiger partial charge is 0.119 e. The summed E-state index contributed by atoms with van der Waals surface area (Å²) in [5.41, 5.74) is 0. The summed E-state index contributed by atoms with van der Waals surface area (Å²) < 4.78 is 10.2. The summed E-state index contributed by atoms with van der Waals surface area (Å²) in [6, 6.07) is 9.43. The fraction of sp³-hybridized carbons (Fsp3) is 0.750. The largest absolute Gasteiger partial charge is 0.491 e. The van der Waals surface area contributed by atoms with Crippen LogP contribution in [0.15, 0.2) is 30.3 Å². The van der Waals surface area contributed by atoms with Gasteiger partial charge in [0.1, 0.15) is 12.4 Å². The van der Waals surface area contributed by atoms with E-state index in [2.05, 4.69) is 6.92 Å². The van der Waals surface area contributed by atoms with Crippen molar-refractivity contribution in [3.63, 3.8) is 0 Å². The first-order chi connectivity index (χ1) is 14.8. The summed E-state index contributed by atoms with van der Waals surface area (Å²) in [6.07, 6.45) is 11.6. The molecule has 0 fully saturated rings. The van der Waals surface area contributed by atoms with Gasteiger partial charge in [0, 0.05) is 19.8 Å². The van der Waals surface area contributed by atoms with Gasteiger partial charge in [-0.25, -0.2) is 0 Å². The Morgan fingerprint density at radius 1 is 0.567 bits per heavy atom. The molecule has 0 aliphatic rings. The molecule has 30 heavy (non-hydrogen) atoms. The second kappa shape index (κ2) is 30.0. The van der Waals surface area contributed by atoms with Gasteiger partial charge in [-0.1, -0.05) is 70.1 Å². The van der Waals surface area contributed by atoms with Crippen molar-refractivity contribution in [1.29, 1.82) is 0 Å². The van der Waals surface area contributed by atoms with Crippen LogP contribution in [0.3, 0.4) is 0 Å². The SMILES string of the molecule is CCCCCCCCOCCO.OCCCCCCO.OCCOc1ccccc1. The summed E-state index contributed by atoms with van der Waals surface area (Å²) in [4.78, 5) is 0. The Balaban J connectivity index is 0. The molecule has 0 spiro atoms. The molecular weight excluding hydrogens is 384 g/mol. The minimum Gasteiger partial charge on any atom is -0.491 e. The first kappa shape index (κ1) is 31.0. The second-order valence-electron chi connectivity index (χ2n) is 6.85. The third-order valence-corrected chi connectivity index (χ3v) is 4.05. The van der Waals surface area contributed by atoms with Crippen molar-refractivity contribution in [2.75, 3.05) is 46.2 Å². The molecule has 1 aromatic rings. The third-order valence-electron chi connectivity index (χ3n) is 4.05. The number of rotatable bonds is 17. The van der Waals surface area contributed by atoms with E-state index in [1.807, 2.05) is 30.3 Å². The quantitative estimate of drug-likeness (QED) is 0.279. The van der Waals surface area contributed by atoms with Gasteiger partial charge in [0.05, 0.1) is 19.8 Å². The lowest BCUT2D eigenvalue weighted by Crippen LogP contribution is -2.00. The Bertz CT molecular complexity index is 373. The molecule has 0 heterocycles. The molecule has 1 aromatic carbocycles. The molecule has 0 unspecified atom stereocenters. The highest BCUT2D eigenvalue weighted by molar-refractivity contribution is 5.20. The van der Waals surface area contributed by atoms with Crippen molar-refractivity contribution in [3.05, 3.63) is 30.3 Å². The molecule has 6 heteroatoms. The standard InChI is InChI=1S/C10H22O2.C8H10O2.C6H14O2/c1-2-3-4-5-6-7-9-12-10-8-11;9-6-7-10-8-4-2-1-3-5-8;7-5-3-1-2-4-6-8/h11H,2-10H2,1H3;1-5,9H,6-7H2;7-8H,1-6H2. The van der Waals surface area contributed by atoms with E-state index in [1.165, 1.54) is 32.1 Å². The lowest BCUT2D eigenvalue weighted by Gasteiger charge is -2.01. The molecule has 0 aliphatic carbocycles. The summed E-state index contributed by atoms with van der Waals surface area (Å²) >= 11 is 0. The topological polar surface area (TPSA) is 99.4 Å². The van der Waals surface area contributed by atoms with Gasteiger partial charge in [0.15, 0.2) is 0 Å². The molecule has 0 amide bonds. The fourth-order valence-corrected chi connectivity index (χ4v) is 2.41. The maximum atomic E-state index is 8.41. The summed E-state index contributed by atoms with van der Waals surface area (Å²) in [5.74, 6) is 0.802. The van der Waals surface area contributed by atoms with Crippen LogP contribution in [-0.4, -0.2) is 66.7 Å². The molecule has 0 saturated carbocycles. The van der Waals surface area contributed by atoms with Crippen molar-refractivity contribution in [3.8, 4) is 5.75 Å². The molecule has 6 nitrogen and oxygen atoms in total. The van der Waals surface area contributed by atoms with Crippen LogP contribution in [0.25, 0.3) is 0 Å². The maximum Gasteiger partial charge on any atom is 0.119 e. The van der Waals surface area contributed by atoms with Crippen molar-refractivity contribution in [2.24, 2.45) is 0 Å². The van der Waals surface area contributed by atoms with Crippen molar-refractivity contribution < 1.29 is 29.9 Å². The zero-order valence-corrected chi connectivity index (χ0v) is 19.0. The Labute approximate surface area is 183 Å². The highest BCUT2D eigenvalue weighted by Gasteiger charge is 1.90. The Kier molecular flexibility index (Phi) is 31.0. The monoisotopic (exact) mass is 430 g/mol. The van der Waals surface area contributed by atoms with Gasteiger partial charge in [0.2, 0.25) is 0 Å². The van der Waals surface area contributed by atoms with Gasteiger partial charge >= 0.3 is 0 Å². The lowest BCUT2D eigenvalue weighted by atomic mass is 10.1. The van der Waals surface area contributed by atoms with E-state index in [0.29, 0.717) is 13.2 Å². The van der Waals surface area contributed by atoms with E-state index in [1.54, 1.807) is 0 Å². The maximum absolute atomic E-state index is 8.41. The molecule has 0 aromatic heterocycles. The van der Waals surface area contributed by atoms with Gasteiger partial charge in [-0.15, -0.1) is 0 Å². The lowest BCUT2D eigenvalue weighted by molar-refractivity contribution is 0.0895. The van der Waals surface area contributed by atoms with Crippen molar-refractivity contribution in [2.45, 2.75) is 71.1 Å². The molecule has 0 aliphatic heterocycles. The van der Waals surface area contributed by atoms with Gasteiger partial charge in [-0.05, 0) is 31.4 Å². The number of unbranched alkanes of at least 4 members (excludes halogenated alkanes) is 8. The first-order valence-corrected chi connectivity index (χ1v) is 11.5. The Morgan fingerprint density at radius 2 is 1.10 bits per heavy atom. The highest BCUT2D eigenvalue weighted by Crippen LogP contribution is 2.07. The van der Waals surface area contributed by atoms with Crippen LogP contribution < -0.4 is 4.74 Å². The molecular formula is C24H46O6. The van der Waals surface area contributed by atoms with Gasteiger partial charge in [0.25, 0.3) is 0 Å². The van der Waals surface area contributed by atoms with Crippen LogP contribution in [0.4, 0.5) is 0 Å². The Morgan fingerprint density at radius 3 is 1.63 bits per heavy atom. The summed E-state index contributed by atoms with van der Waals surface area (Å²) in [6.45, 7) is 4.68. The van der Waals surface area contributed by atoms with Crippen LogP contribution in [-0.2, 0) is 4.74 Å². The predicted molar refractivity (Wildman–Crippen MR) is 123 cm³/mol. The van der Waals surface area contributed by atoms with Gasteiger partial charge < -0.3 is 29.9 Å². The normalized spacial score (nSPS) is 9.90. The van der Waals surface area contributed by atoms with E-state index in [0.717, 1.165) is 44.5 Å². The van der Waals surface area contributed by atoms with Crippen molar-refractivity contribution >= 4 is 0 Å². The molecule has 0 saturated heterocycles. The van der Waals surface area contributed by atoms with Crippen LogP contribution >= 0.6 is 0 Å². The van der Waals surface area contributed by atoms with Crippen LogP contribution in [0.2, 0.25) is 0 Å². The van der Waals surface area contributed by atoms with Gasteiger partial charge in [-0.2, -0.15) is 0 Å². The average molecular weight is 431 g/mol.